The fraction of sp³-hybridized carbons (Fsp3) is 0.222. The van der Waals surface area contributed by atoms with E-state index in [1.807, 2.05) is 0 Å². The number of rotatable bonds is 7. The maximum absolute atomic E-state index is 13.4. The molecule has 0 aromatic heterocycles. The van der Waals surface area contributed by atoms with E-state index in [1.54, 1.807) is 18.2 Å². The highest BCUT2D eigenvalue weighted by atomic mass is 35.5. The van der Waals surface area contributed by atoms with Crippen LogP contribution in [-0.4, -0.2) is 18.4 Å². The molecule has 7 heteroatoms. The van der Waals surface area contributed by atoms with Gasteiger partial charge >= 0.3 is 0 Å². The van der Waals surface area contributed by atoms with Crippen LogP contribution in [0.3, 0.4) is 0 Å². The fourth-order valence-corrected chi connectivity index (χ4v) is 2.37. The van der Waals surface area contributed by atoms with E-state index in [1.165, 1.54) is 18.2 Å². The molecule has 0 aliphatic rings. The molecule has 0 radical (unpaired) electrons. The maximum atomic E-state index is 13.4. The summed E-state index contributed by atoms with van der Waals surface area (Å²) in [4.78, 5) is 23.5. The van der Waals surface area contributed by atoms with Crippen molar-refractivity contribution in [2.75, 3.05) is 11.9 Å². The van der Waals surface area contributed by atoms with Gasteiger partial charge in [0.25, 0.3) is 0 Å². The number of hydrogen-bond acceptors (Lipinski definition) is 2. The molecule has 25 heavy (non-hydrogen) atoms. The van der Waals surface area contributed by atoms with Crippen LogP contribution in [0.15, 0.2) is 42.5 Å². The van der Waals surface area contributed by atoms with Crippen molar-refractivity contribution in [2.24, 2.45) is 0 Å². The molecule has 2 amide bonds. The van der Waals surface area contributed by atoms with Crippen LogP contribution in [0.5, 0.6) is 0 Å². The number of aryl methyl sites for hydroxylation is 1. The second-order valence-corrected chi connectivity index (χ2v) is 5.81. The average Bonchev–Trinajstić information content (AvgIpc) is 2.58. The smallest absolute Gasteiger partial charge is 0.243 e. The van der Waals surface area contributed by atoms with Crippen molar-refractivity contribution in [2.45, 2.75) is 19.3 Å². The zero-order valence-corrected chi connectivity index (χ0v) is 14.1. The molecule has 0 aliphatic carbocycles. The minimum atomic E-state index is -0.581. The van der Waals surface area contributed by atoms with Crippen LogP contribution in [-0.2, 0) is 16.0 Å². The monoisotopic (exact) mass is 366 g/mol. The third kappa shape index (κ3) is 6.15. The van der Waals surface area contributed by atoms with E-state index in [2.05, 4.69) is 10.6 Å². The maximum Gasteiger partial charge on any atom is 0.243 e. The van der Waals surface area contributed by atoms with Crippen molar-refractivity contribution in [1.82, 2.24) is 5.32 Å². The molecule has 0 unspecified atom stereocenters. The number of hydrogen-bond donors (Lipinski definition) is 2. The molecule has 0 atom stereocenters. The first-order valence-electron chi connectivity index (χ1n) is 7.70. The molecule has 0 saturated carbocycles. The summed E-state index contributed by atoms with van der Waals surface area (Å²) in [5.41, 5.74) is 0.895. The van der Waals surface area contributed by atoms with E-state index in [4.69, 9.17) is 11.6 Å². The minimum absolute atomic E-state index is 0.102. The number of nitrogens with one attached hydrogen (secondary N) is 2. The Labute approximate surface area is 149 Å². The first-order valence-corrected chi connectivity index (χ1v) is 8.08. The average molecular weight is 367 g/mol. The number of carbonyl (C=O) groups excluding carboxylic acids is 2. The van der Waals surface area contributed by atoms with E-state index in [-0.39, 0.29) is 29.7 Å². The second-order valence-electron chi connectivity index (χ2n) is 5.40. The predicted octanol–water partition coefficient (Wildman–Crippen LogP) is 3.70. The van der Waals surface area contributed by atoms with Gasteiger partial charge in [-0.3, -0.25) is 9.59 Å². The molecule has 0 aliphatic heterocycles. The minimum Gasteiger partial charge on any atom is -0.347 e. The molecular weight excluding hydrogens is 350 g/mol. The SMILES string of the molecule is O=C(CCCc1ccccc1F)NCC(=O)Nc1ccc(F)c(Cl)c1. The van der Waals surface area contributed by atoms with Gasteiger partial charge in [-0.25, -0.2) is 8.78 Å². The molecule has 0 heterocycles. The van der Waals surface area contributed by atoms with Gasteiger partial charge in [-0.05, 0) is 42.7 Å². The summed E-state index contributed by atoms with van der Waals surface area (Å²) < 4.78 is 26.5. The van der Waals surface area contributed by atoms with E-state index in [0.717, 1.165) is 6.07 Å². The molecule has 2 aromatic rings. The van der Waals surface area contributed by atoms with Gasteiger partial charge in [0.05, 0.1) is 11.6 Å². The van der Waals surface area contributed by atoms with Crippen LogP contribution in [0.2, 0.25) is 5.02 Å². The Morgan fingerprint density at radius 3 is 2.48 bits per heavy atom. The van der Waals surface area contributed by atoms with Crippen molar-refractivity contribution in [3.63, 3.8) is 0 Å². The second kappa shape index (κ2) is 9.13. The Kier molecular flexibility index (Phi) is 6.89. The zero-order valence-electron chi connectivity index (χ0n) is 13.3. The summed E-state index contributed by atoms with van der Waals surface area (Å²) >= 11 is 5.62. The van der Waals surface area contributed by atoms with Crippen molar-refractivity contribution in [1.29, 1.82) is 0 Å². The molecule has 0 bridgehead atoms. The lowest BCUT2D eigenvalue weighted by Gasteiger charge is -2.08. The quantitative estimate of drug-likeness (QED) is 0.785. The topological polar surface area (TPSA) is 58.2 Å². The van der Waals surface area contributed by atoms with Gasteiger partial charge in [0.1, 0.15) is 11.6 Å². The van der Waals surface area contributed by atoms with Crippen LogP contribution >= 0.6 is 11.6 Å². The molecule has 132 valence electrons. The van der Waals surface area contributed by atoms with Crippen LogP contribution < -0.4 is 10.6 Å². The summed E-state index contributed by atoms with van der Waals surface area (Å²) in [7, 11) is 0. The molecule has 2 N–H and O–H groups in total. The Balaban J connectivity index is 1.69. The number of benzene rings is 2. The van der Waals surface area contributed by atoms with E-state index >= 15 is 0 Å². The zero-order chi connectivity index (χ0) is 18.2. The summed E-state index contributed by atoms with van der Waals surface area (Å²) in [6, 6.07) is 10.2. The van der Waals surface area contributed by atoms with Crippen LogP contribution in [0, 0.1) is 11.6 Å². The molecule has 0 spiro atoms. The molecule has 0 fully saturated rings. The predicted molar refractivity (Wildman–Crippen MR) is 92.4 cm³/mol. The van der Waals surface area contributed by atoms with E-state index in [9.17, 15) is 18.4 Å². The molecule has 4 nitrogen and oxygen atoms in total. The summed E-state index contributed by atoms with van der Waals surface area (Å²) in [5.74, 6) is -1.63. The molecule has 0 saturated heterocycles. The third-order valence-electron chi connectivity index (χ3n) is 3.46. The summed E-state index contributed by atoms with van der Waals surface area (Å²) in [6.45, 7) is -0.215. The van der Waals surface area contributed by atoms with Crippen LogP contribution in [0.4, 0.5) is 14.5 Å². The van der Waals surface area contributed by atoms with Crippen molar-refractivity contribution >= 4 is 29.1 Å². The molecular formula is C18H17ClF2N2O2. The Morgan fingerprint density at radius 2 is 1.76 bits per heavy atom. The number of halogens is 3. The molecule has 2 aromatic carbocycles. The van der Waals surface area contributed by atoms with Gasteiger partial charge in [0, 0.05) is 12.1 Å². The highest BCUT2D eigenvalue weighted by molar-refractivity contribution is 6.31. The van der Waals surface area contributed by atoms with Gasteiger partial charge in [0.2, 0.25) is 11.8 Å². The Bertz CT molecular complexity index is 768. The van der Waals surface area contributed by atoms with E-state index in [0.29, 0.717) is 24.1 Å². The summed E-state index contributed by atoms with van der Waals surface area (Å²) in [5, 5.41) is 4.88. The highest BCUT2D eigenvalue weighted by Crippen LogP contribution is 2.19. The Hall–Kier alpha value is -2.47. The number of carbonyl (C=O) groups is 2. The number of anilines is 1. The van der Waals surface area contributed by atoms with E-state index < -0.39 is 11.7 Å². The van der Waals surface area contributed by atoms with Crippen LogP contribution in [0.25, 0.3) is 0 Å². The lowest BCUT2D eigenvalue weighted by atomic mass is 10.1. The third-order valence-corrected chi connectivity index (χ3v) is 3.75. The highest BCUT2D eigenvalue weighted by Gasteiger charge is 2.08. The Morgan fingerprint density at radius 1 is 1.00 bits per heavy atom. The van der Waals surface area contributed by atoms with Crippen molar-refractivity contribution in [3.8, 4) is 0 Å². The standard InChI is InChI=1S/C18H17ClF2N2O2/c19-14-10-13(8-9-16(14)21)23-18(25)11-22-17(24)7-3-5-12-4-1-2-6-15(12)20/h1-2,4,6,8-10H,3,5,7,11H2,(H,22,24)(H,23,25). The fourth-order valence-electron chi connectivity index (χ4n) is 2.19. The lowest BCUT2D eigenvalue weighted by Crippen LogP contribution is -2.32. The molecule has 2 rings (SSSR count). The normalized spacial score (nSPS) is 10.4. The largest absolute Gasteiger partial charge is 0.347 e. The van der Waals surface area contributed by atoms with Gasteiger partial charge < -0.3 is 10.6 Å². The lowest BCUT2D eigenvalue weighted by molar-refractivity contribution is -0.124. The first kappa shape index (κ1) is 18.9. The first-order chi connectivity index (χ1) is 12.0. The van der Waals surface area contributed by atoms with Crippen LogP contribution in [0.1, 0.15) is 18.4 Å². The van der Waals surface area contributed by atoms with Gasteiger partial charge in [-0.1, -0.05) is 29.8 Å². The van der Waals surface area contributed by atoms with Gasteiger partial charge in [-0.15, -0.1) is 0 Å². The number of amides is 2. The van der Waals surface area contributed by atoms with Crippen molar-refractivity contribution < 1.29 is 18.4 Å². The van der Waals surface area contributed by atoms with Gasteiger partial charge in [-0.2, -0.15) is 0 Å². The summed E-state index contributed by atoms with van der Waals surface area (Å²) in [6.07, 6.45) is 1.10. The van der Waals surface area contributed by atoms with Gasteiger partial charge in [0.15, 0.2) is 0 Å². The van der Waals surface area contributed by atoms with Crippen molar-refractivity contribution in [3.05, 3.63) is 64.7 Å².